The average Bonchev–Trinajstić information content (AvgIpc) is 2.79. The van der Waals surface area contributed by atoms with Crippen molar-refractivity contribution in [2.24, 2.45) is 0 Å². The molecular weight excluding hydrogens is 254 g/mol. The summed E-state index contributed by atoms with van der Waals surface area (Å²) in [5.41, 5.74) is 6.20. The zero-order valence-corrected chi connectivity index (χ0v) is 12.5. The van der Waals surface area contributed by atoms with Crippen LogP contribution in [-0.4, -0.2) is 4.57 Å². The largest absolute Gasteiger partial charge is 0.310 e. The van der Waals surface area contributed by atoms with E-state index in [9.17, 15) is 0 Å². The molecule has 0 aliphatic heterocycles. The van der Waals surface area contributed by atoms with Gasteiger partial charge in [-0.15, -0.1) is 0 Å². The van der Waals surface area contributed by atoms with E-state index in [1.54, 1.807) is 0 Å². The molecule has 0 bridgehead atoms. The van der Waals surface area contributed by atoms with Gasteiger partial charge in [0.2, 0.25) is 0 Å². The lowest BCUT2D eigenvalue weighted by molar-refractivity contribution is 1.09. The minimum absolute atomic E-state index is 1.19. The lowest BCUT2D eigenvalue weighted by Crippen LogP contribution is -1.96. The summed E-state index contributed by atoms with van der Waals surface area (Å²) in [6.45, 7) is 8.07. The summed E-state index contributed by atoms with van der Waals surface area (Å²) in [6, 6.07) is 17.2. The fourth-order valence-electron chi connectivity index (χ4n) is 2.75. The molecule has 0 N–H and O–H groups in total. The van der Waals surface area contributed by atoms with Crippen LogP contribution in [0, 0.1) is 13.8 Å². The van der Waals surface area contributed by atoms with Gasteiger partial charge < -0.3 is 4.57 Å². The first-order chi connectivity index (χ1) is 10.2. The number of nitrogens with zero attached hydrogens (tertiary/aromatic N) is 1. The lowest BCUT2D eigenvalue weighted by atomic mass is 10.1. The maximum atomic E-state index is 3.78. The van der Waals surface area contributed by atoms with Crippen LogP contribution in [-0.2, 0) is 0 Å². The number of para-hydroxylation sites is 1. The van der Waals surface area contributed by atoms with Gasteiger partial charge in [-0.3, -0.25) is 0 Å². The molecule has 3 aromatic rings. The summed E-state index contributed by atoms with van der Waals surface area (Å²) in [5.74, 6) is 0. The van der Waals surface area contributed by atoms with Gasteiger partial charge >= 0.3 is 0 Å². The lowest BCUT2D eigenvalue weighted by Gasteiger charge is -2.09. The summed E-state index contributed by atoms with van der Waals surface area (Å²) in [6.07, 6.45) is 5.94. The number of aryl methyl sites for hydroxylation is 2. The standard InChI is InChI=1S/C20H19N/c1-4-5-9-19-16(3)18-8-6-7-10-20(18)21(19)17-13-11-15(2)12-14-17/h4-14H,1H2,2-3H3/b9-5-. The summed E-state index contributed by atoms with van der Waals surface area (Å²) in [5, 5.41) is 1.29. The fourth-order valence-corrected chi connectivity index (χ4v) is 2.75. The van der Waals surface area contributed by atoms with Gasteiger partial charge in [0.05, 0.1) is 5.52 Å². The first-order valence-electron chi connectivity index (χ1n) is 7.18. The third-order valence-corrected chi connectivity index (χ3v) is 3.86. The Balaban J connectivity index is 2.35. The van der Waals surface area contributed by atoms with E-state index in [-0.39, 0.29) is 0 Å². The Bertz CT molecular complexity index is 817. The Morgan fingerprint density at radius 2 is 1.67 bits per heavy atom. The smallest absolute Gasteiger partial charge is 0.0537 e. The van der Waals surface area contributed by atoms with E-state index in [1.165, 1.54) is 33.4 Å². The van der Waals surface area contributed by atoms with Crippen molar-refractivity contribution in [3.05, 3.63) is 84.1 Å². The van der Waals surface area contributed by atoms with Crippen molar-refractivity contribution in [3.63, 3.8) is 0 Å². The van der Waals surface area contributed by atoms with Crippen LogP contribution in [0.3, 0.4) is 0 Å². The minimum Gasteiger partial charge on any atom is -0.310 e. The predicted molar refractivity (Wildman–Crippen MR) is 92.0 cm³/mol. The van der Waals surface area contributed by atoms with Crippen LogP contribution in [0.5, 0.6) is 0 Å². The number of aromatic nitrogens is 1. The van der Waals surface area contributed by atoms with Gasteiger partial charge in [0.15, 0.2) is 0 Å². The molecule has 2 aromatic carbocycles. The zero-order valence-electron chi connectivity index (χ0n) is 12.5. The van der Waals surface area contributed by atoms with Crippen LogP contribution in [0.1, 0.15) is 16.8 Å². The molecule has 3 rings (SSSR count). The Morgan fingerprint density at radius 3 is 2.38 bits per heavy atom. The van der Waals surface area contributed by atoms with E-state index in [2.05, 4.69) is 79.6 Å². The SMILES string of the molecule is C=C/C=C\c1c(C)c2ccccc2n1-c1ccc(C)cc1. The normalized spacial score (nSPS) is 11.3. The average molecular weight is 273 g/mol. The highest BCUT2D eigenvalue weighted by Crippen LogP contribution is 2.30. The Labute approximate surface area is 125 Å². The van der Waals surface area contributed by atoms with Crippen LogP contribution in [0.15, 0.2) is 67.3 Å². The van der Waals surface area contributed by atoms with E-state index >= 15 is 0 Å². The van der Waals surface area contributed by atoms with Gasteiger partial charge in [0, 0.05) is 16.8 Å². The third kappa shape index (κ3) is 2.31. The van der Waals surface area contributed by atoms with Crippen molar-refractivity contribution >= 4 is 17.0 Å². The number of hydrogen-bond acceptors (Lipinski definition) is 0. The summed E-state index contributed by atoms with van der Waals surface area (Å²) in [4.78, 5) is 0. The van der Waals surface area contributed by atoms with Crippen molar-refractivity contribution in [3.8, 4) is 5.69 Å². The van der Waals surface area contributed by atoms with Crippen LogP contribution in [0.4, 0.5) is 0 Å². The van der Waals surface area contributed by atoms with Gasteiger partial charge in [-0.2, -0.15) is 0 Å². The molecular formula is C20H19N. The maximum absolute atomic E-state index is 3.78. The molecule has 0 saturated carbocycles. The van der Waals surface area contributed by atoms with Crippen LogP contribution >= 0.6 is 0 Å². The van der Waals surface area contributed by atoms with Gasteiger partial charge in [-0.25, -0.2) is 0 Å². The second-order valence-electron chi connectivity index (χ2n) is 5.29. The first-order valence-corrected chi connectivity index (χ1v) is 7.18. The molecule has 0 aliphatic rings. The van der Waals surface area contributed by atoms with Crippen molar-refractivity contribution in [1.82, 2.24) is 4.57 Å². The molecule has 0 saturated heterocycles. The molecule has 0 spiro atoms. The third-order valence-electron chi connectivity index (χ3n) is 3.86. The molecule has 0 unspecified atom stereocenters. The monoisotopic (exact) mass is 273 g/mol. The molecule has 0 fully saturated rings. The zero-order chi connectivity index (χ0) is 14.8. The number of benzene rings is 2. The molecule has 1 aromatic heterocycles. The molecule has 1 nitrogen and oxygen atoms in total. The molecule has 1 heteroatoms. The van der Waals surface area contributed by atoms with Gasteiger partial charge in [-0.1, -0.05) is 54.6 Å². The van der Waals surface area contributed by atoms with Gasteiger partial charge in [0.1, 0.15) is 0 Å². The highest BCUT2D eigenvalue weighted by atomic mass is 15.0. The second-order valence-corrected chi connectivity index (χ2v) is 5.29. The fraction of sp³-hybridized carbons (Fsp3) is 0.100. The van der Waals surface area contributed by atoms with E-state index < -0.39 is 0 Å². The summed E-state index contributed by atoms with van der Waals surface area (Å²) in [7, 11) is 0. The quantitative estimate of drug-likeness (QED) is 0.559. The first kappa shape index (κ1) is 13.4. The van der Waals surface area contributed by atoms with Crippen molar-refractivity contribution in [1.29, 1.82) is 0 Å². The minimum atomic E-state index is 1.19. The molecule has 104 valence electrons. The molecule has 21 heavy (non-hydrogen) atoms. The van der Waals surface area contributed by atoms with Crippen molar-refractivity contribution in [2.45, 2.75) is 13.8 Å². The second kappa shape index (κ2) is 5.45. The van der Waals surface area contributed by atoms with E-state index in [0.29, 0.717) is 0 Å². The van der Waals surface area contributed by atoms with E-state index in [1.807, 2.05) is 12.2 Å². The summed E-state index contributed by atoms with van der Waals surface area (Å²) < 4.78 is 2.31. The number of rotatable bonds is 3. The van der Waals surface area contributed by atoms with Gasteiger partial charge in [-0.05, 0) is 43.7 Å². The number of hydrogen-bond donors (Lipinski definition) is 0. The number of allylic oxidation sites excluding steroid dienone is 2. The van der Waals surface area contributed by atoms with Crippen LogP contribution in [0.2, 0.25) is 0 Å². The molecule has 0 atom stereocenters. The topological polar surface area (TPSA) is 4.93 Å². The number of fused-ring (bicyclic) bond motifs is 1. The van der Waals surface area contributed by atoms with Crippen molar-refractivity contribution in [2.75, 3.05) is 0 Å². The molecule has 0 aliphatic carbocycles. The predicted octanol–water partition coefficient (Wildman–Crippen LogP) is 5.45. The highest BCUT2D eigenvalue weighted by molar-refractivity contribution is 5.89. The Kier molecular flexibility index (Phi) is 3.49. The molecule has 1 heterocycles. The molecule has 0 radical (unpaired) electrons. The van der Waals surface area contributed by atoms with Crippen LogP contribution in [0.25, 0.3) is 22.7 Å². The van der Waals surface area contributed by atoms with Crippen LogP contribution < -0.4 is 0 Å². The van der Waals surface area contributed by atoms with Gasteiger partial charge in [0.25, 0.3) is 0 Å². The van der Waals surface area contributed by atoms with E-state index in [4.69, 9.17) is 0 Å². The Morgan fingerprint density at radius 1 is 0.952 bits per heavy atom. The molecule has 0 amide bonds. The van der Waals surface area contributed by atoms with E-state index in [0.717, 1.165) is 0 Å². The Hall–Kier alpha value is -2.54. The van der Waals surface area contributed by atoms with Crippen molar-refractivity contribution < 1.29 is 0 Å². The highest BCUT2D eigenvalue weighted by Gasteiger charge is 2.12. The maximum Gasteiger partial charge on any atom is 0.0537 e. The summed E-state index contributed by atoms with van der Waals surface area (Å²) >= 11 is 0.